The summed E-state index contributed by atoms with van der Waals surface area (Å²) >= 11 is 0. The summed E-state index contributed by atoms with van der Waals surface area (Å²) in [7, 11) is 0. The lowest BCUT2D eigenvalue weighted by Gasteiger charge is -2.43. The van der Waals surface area contributed by atoms with Crippen LogP contribution in [0.5, 0.6) is 0 Å². The second-order valence-electron chi connectivity index (χ2n) is 7.08. The molecule has 2 aliphatic rings. The first kappa shape index (κ1) is 16.9. The Balaban J connectivity index is 1.35. The number of carbonyl (C=O) groups excluding carboxylic acids is 1. The fourth-order valence-electron chi connectivity index (χ4n) is 4.04. The van der Waals surface area contributed by atoms with Gasteiger partial charge in [0.25, 0.3) is 11.5 Å². The SMILES string of the molecule is O=C(c1cc(=O)[nH][nH]1)N1CCC[C@H](N2CCN(c3ccccc3)CC2)C1. The zero-order valence-electron chi connectivity index (χ0n) is 14.9. The molecule has 0 radical (unpaired) electrons. The highest BCUT2D eigenvalue weighted by molar-refractivity contribution is 5.92. The van der Waals surface area contributed by atoms with Crippen molar-refractivity contribution in [2.75, 3.05) is 44.2 Å². The number of amides is 1. The van der Waals surface area contributed by atoms with Crippen LogP contribution in [0.25, 0.3) is 0 Å². The largest absolute Gasteiger partial charge is 0.369 e. The highest BCUT2D eigenvalue weighted by atomic mass is 16.2. The number of aromatic amines is 2. The van der Waals surface area contributed by atoms with Gasteiger partial charge < -0.3 is 9.80 Å². The number of piperidine rings is 1. The maximum absolute atomic E-state index is 12.6. The van der Waals surface area contributed by atoms with Gasteiger partial charge in [-0.1, -0.05) is 18.2 Å². The van der Waals surface area contributed by atoms with Crippen LogP contribution in [0, 0.1) is 0 Å². The van der Waals surface area contributed by atoms with E-state index in [0.29, 0.717) is 11.7 Å². The van der Waals surface area contributed by atoms with Crippen molar-refractivity contribution in [1.29, 1.82) is 0 Å². The molecular formula is C19H25N5O2. The zero-order chi connectivity index (χ0) is 17.9. The van der Waals surface area contributed by atoms with E-state index in [2.05, 4.69) is 44.3 Å². The molecule has 7 nitrogen and oxygen atoms in total. The Kier molecular flexibility index (Phi) is 4.79. The third-order valence-corrected chi connectivity index (χ3v) is 5.46. The minimum absolute atomic E-state index is 0.0871. The van der Waals surface area contributed by atoms with Crippen LogP contribution in [0.1, 0.15) is 23.3 Å². The normalized spacial score (nSPS) is 21.8. The number of aromatic nitrogens is 2. The van der Waals surface area contributed by atoms with Crippen molar-refractivity contribution in [2.45, 2.75) is 18.9 Å². The summed E-state index contributed by atoms with van der Waals surface area (Å²) < 4.78 is 0. The Labute approximate surface area is 152 Å². The van der Waals surface area contributed by atoms with Gasteiger partial charge in [0.15, 0.2) is 0 Å². The average molecular weight is 355 g/mol. The number of nitrogens with one attached hydrogen (secondary N) is 2. The van der Waals surface area contributed by atoms with Gasteiger partial charge in [0.2, 0.25) is 0 Å². The highest BCUT2D eigenvalue weighted by Gasteiger charge is 2.30. The number of nitrogens with zero attached hydrogens (tertiary/aromatic N) is 3. The molecule has 1 aromatic heterocycles. The van der Waals surface area contributed by atoms with Crippen molar-refractivity contribution in [1.82, 2.24) is 20.0 Å². The van der Waals surface area contributed by atoms with Crippen LogP contribution >= 0.6 is 0 Å². The second-order valence-corrected chi connectivity index (χ2v) is 7.08. The molecule has 4 rings (SSSR count). The third kappa shape index (κ3) is 3.53. The Morgan fingerprint density at radius 3 is 2.46 bits per heavy atom. The molecule has 2 aromatic rings. The fraction of sp³-hybridized carbons (Fsp3) is 0.474. The van der Waals surface area contributed by atoms with Crippen molar-refractivity contribution in [2.24, 2.45) is 0 Å². The Hall–Kier alpha value is -2.54. The second kappa shape index (κ2) is 7.37. The molecule has 3 heterocycles. The molecule has 1 atom stereocenters. The maximum Gasteiger partial charge on any atom is 0.271 e. The van der Waals surface area contributed by atoms with Gasteiger partial charge in [-0.25, -0.2) is 0 Å². The number of piperazine rings is 1. The molecule has 7 heteroatoms. The molecule has 1 aromatic carbocycles. The van der Waals surface area contributed by atoms with Gasteiger partial charge in [-0.3, -0.25) is 24.7 Å². The van der Waals surface area contributed by atoms with Crippen LogP contribution in [0.4, 0.5) is 5.69 Å². The van der Waals surface area contributed by atoms with Gasteiger partial charge in [0, 0.05) is 57.1 Å². The number of H-pyrrole nitrogens is 2. The summed E-state index contributed by atoms with van der Waals surface area (Å²) in [4.78, 5) is 30.7. The van der Waals surface area contributed by atoms with E-state index < -0.39 is 0 Å². The van der Waals surface area contributed by atoms with Crippen molar-refractivity contribution in [3.05, 3.63) is 52.4 Å². The Morgan fingerprint density at radius 1 is 1.00 bits per heavy atom. The van der Waals surface area contributed by atoms with Gasteiger partial charge in [-0.05, 0) is 25.0 Å². The number of hydrogen-bond donors (Lipinski definition) is 2. The lowest BCUT2D eigenvalue weighted by molar-refractivity contribution is 0.0558. The predicted molar refractivity (Wildman–Crippen MR) is 101 cm³/mol. The van der Waals surface area contributed by atoms with Crippen molar-refractivity contribution >= 4 is 11.6 Å². The summed E-state index contributed by atoms with van der Waals surface area (Å²) in [6.45, 7) is 5.55. The van der Waals surface area contributed by atoms with E-state index >= 15 is 0 Å². The van der Waals surface area contributed by atoms with Crippen LogP contribution in [-0.2, 0) is 0 Å². The molecule has 2 saturated heterocycles. The van der Waals surface area contributed by atoms with E-state index in [0.717, 1.165) is 52.1 Å². The number of carbonyl (C=O) groups is 1. The summed E-state index contributed by atoms with van der Waals surface area (Å²) in [6, 6.07) is 12.3. The number of anilines is 1. The van der Waals surface area contributed by atoms with Gasteiger partial charge in [0.1, 0.15) is 5.69 Å². The Bertz CT molecular complexity index is 792. The number of benzene rings is 1. The first-order valence-electron chi connectivity index (χ1n) is 9.32. The third-order valence-electron chi connectivity index (χ3n) is 5.46. The van der Waals surface area contributed by atoms with Crippen molar-refractivity contribution in [3.8, 4) is 0 Å². The molecule has 2 aliphatic heterocycles. The van der Waals surface area contributed by atoms with E-state index in [1.807, 2.05) is 11.0 Å². The van der Waals surface area contributed by atoms with E-state index in [4.69, 9.17) is 0 Å². The smallest absolute Gasteiger partial charge is 0.271 e. The van der Waals surface area contributed by atoms with Gasteiger partial charge in [-0.15, -0.1) is 0 Å². The topological polar surface area (TPSA) is 75.4 Å². The molecule has 0 bridgehead atoms. The Morgan fingerprint density at radius 2 is 1.77 bits per heavy atom. The summed E-state index contributed by atoms with van der Waals surface area (Å²) in [6.07, 6.45) is 2.13. The van der Waals surface area contributed by atoms with Crippen LogP contribution in [0.3, 0.4) is 0 Å². The quantitative estimate of drug-likeness (QED) is 0.865. The molecule has 0 unspecified atom stereocenters. The molecule has 2 N–H and O–H groups in total. The molecule has 2 fully saturated rings. The summed E-state index contributed by atoms with van der Waals surface area (Å²) in [5, 5.41) is 5.11. The number of rotatable bonds is 3. The van der Waals surface area contributed by atoms with Gasteiger partial charge in [0.05, 0.1) is 0 Å². The lowest BCUT2D eigenvalue weighted by atomic mass is 10.0. The standard InChI is InChI=1S/C19H25N5O2/c25-18-13-17(20-21-18)19(26)24-8-4-7-16(14-24)23-11-9-22(10-12-23)15-5-2-1-3-6-15/h1-3,5-6,13,16H,4,7-12,14H2,(H2,20,21,25)/t16-/m0/s1. The first-order chi connectivity index (χ1) is 12.7. The molecule has 0 spiro atoms. The first-order valence-corrected chi connectivity index (χ1v) is 9.32. The van der Waals surface area contributed by atoms with Gasteiger partial charge in [-0.2, -0.15) is 0 Å². The van der Waals surface area contributed by atoms with E-state index in [9.17, 15) is 9.59 Å². The van der Waals surface area contributed by atoms with Crippen molar-refractivity contribution in [3.63, 3.8) is 0 Å². The van der Waals surface area contributed by atoms with E-state index in [1.54, 1.807) is 0 Å². The number of likely N-dealkylation sites (tertiary alicyclic amines) is 1. The molecule has 0 aliphatic carbocycles. The fourth-order valence-corrected chi connectivity index (χ4v) is 4.04. The number of hydrogen-bond acceptors (Lipinski definition) is 4. The van der Waals surface area contributed by atoms with Crippen LogP contribution in [0.15, 0.2) is 41.2 Å². The number of para-hydroxylation sites is 1. The van der Waals surface area contributed by atoms with Crippen LogP contribution in [-0.4, -0.2) is 71.2 Å². The zero-order valence-corrected chi connectivity index (χ0v) is 14.9. The summed E-state index contributed by atoms with van der Waals surface area (Å²) in [5.41, 5.74) is 1.37. The van der Waals surface area contributed by atoms with E-state index in [-0.39, 0.29) is 11.5 Å². The van der Waals surface area contributed by atoms with Gasteiger partial charge >= 0.3 is 0 Å². The summed E-state index contributed by atoms with van der Waals surface area (Å²) in [5.74, 6) is -0.0871. The maximum atomic E-state index is 12.6. The highest BCUT2D eigenvalue weighted by Crippen LogP contribution is 2.21. The minimum Gasteiger partial charge on any atom is -0.369 e. The molecule has 26 heavy (non-hydrogen) atoms. The van der Waals surface area contributed by atoms with Crippen LogP contribution in [0.2, 0.25) is 0 Å². The molecule has 1 amide bonds. The monoisotopic (exact) mass is 355 g/mol. The average Bonchev–Trinajstić information content (AvgIpc) is 3.15. The van der Waals surface area contributed by atoms with E-state index in [1.165, 1.54) is 11.8 Å². The minimum atomic E-state index is -0.265. The predicted octanol–water partition coefficient (Wildman–Crippen LogP) is 1.13. The molecule has 0 saturated carbocycles. The molecular weight excluding hydrogens is 330 g/mol. The van der Waals surface area contributed by atoms with Crippen molar-refractivity contribution < 1.29 is 4.79 Å². The van der Waals surface area contributed by atoms with Crippen LogP contribution < -0.4 is 10.5 Å². The lowest BCUT2D eigenvalue weighted by Crippen LogP contribution is -2.55. The molecule has 138 valence electrons.